The standard InChI is InChI=1S/C27H26ClF2N5O2S/c28-17-9-20(23(24(29)30)31-10-17)25(36)33-18-7-5-16(6-8-18)12-35-22-4-2-1-3-21(22)27(26(35)37)14-34(15-27)19-11-32-38-13-19/h1-4,9-11,13,16,18,24H,5-8,12,14-15H2,(H,33,36). The summed E-state index contributed by atoms with van der Waals surface area (Å²) in [5, 5.41) is 5.03. The second-order valence-electron chi connectivity index (χ2n) is 10.3. The summed E-state index contributed by atoms with van der Waals surface area (Å²) in [7, 11) is 0. The molecule has 3 aliphatic rings. The fourth-order valence-corrected chi connectivity index (χ4v) is 6.75. The Kier molecular flexibility index (Phi) is 6.55. The van der Waals surface area contributed by atoms with E-state index in [1.807, 2.05) is 34.7 Å². The van der Waals surface area contributed by atoms with Gasteiger partial charge in [-0.25, -0.2) is 8.78 Å². The number of pyridine rings is 1. The Balaban J connectivity index is 1.09. The predicted octanol–water partition coefficient (Wildman–Crippen LogP) is 5.22. The molecule has 1 aromatic carbocycles. The molecule has 1 saturated carbocycles. The quantitative estimate of drug-likeness (QED) is 0.449. The zero-order valence-electron chi connectivity index (χ0n) is 20.4. The van der Waals surface area contributed by atoms with Gasteiger partial charge in [-0.1, -0.05) is 29.8 Å². The molecule has 38 heavy (non-hydrogen) atoms. The molecule has 2 fully saturated rings. The lowest BCUT2D eigenvalue weighted by atomic mass is 9.74. The highest BCUT2D eigenvalue weighted by Gasteiger charge is 2.58. The first-order valence-corrected chi connectivity index (χ1v) is 13.9. The maximum absolute atomic E-state index is 13.8. The number of carbonyl (C=O) groups is 2. The first-order chi connectivity index (χ1) is 18.4. The molecule has 0 radical (unpaired) electrons. The van der Waals surface area contributed by atoms with Crippen molar-refractivity contribution in [1.82, 2.24) is 14.7 Å². The molecular weight excluding hydrogens is 532 g/mol. The summed E-state index contributed by atoms with van der Waals surface area (Å²) >= 11 is 7.31. The number of anilines is 2. The topological polar surface area (TPSA) is 78.4 Å². The van der Waals surface area contributed by atoms with Crippen LogP contribution in [0.15, 0.2) is 48.1 Å². The molecule has 0 atom stereocenters. The van der Waals surface area contributed by atoms with Crippen LogP contribution in [0.5, 0.6) is 0 Å². The van der Waals surface area contributed by atoms with Crippen molar-refractivity contribution in [3.8, 4) is 0 Å². The number of aromatic nitrogens is 2. The van der Waals surface area contributed by atoms with Crippen molar-refractivity contribution < 1.29 is 18.4 Å². The monoisotopic (exact) mass is 557 g/mol. The zero-order chi connectivity index (χ0) is 26.4. The third kappa shape index (κ3) is 4.33. The van der Waals surface area contributed by atoms with Crippen molar-refractivity contribution in [2.75, 3.05) is 29.4 Å². The van der Waals surface area contributed by atoms with E-state index >= 15 is 0 Å². The van der Waals surface area contributed by atoms with E-state index in [-0.39, 0.29) is 28.5 Å². The van der Waals surface area contributed by atoms with Gasteiger partial charge in [-0.05, 0) is 60.8 Å². The van der Waals surface area contributed by atoms with Gasteiger partial charge in [0.05, 0.1) is 22.5 Å². The summed E-state index contributed by atoms with van der Waals surface area (Å²) in [5.74, 6) is -0.140. The van der Waals surface area contributed by atoms with Crippen molar-refractivity contribution >= 4 is 46.3 Å². The maximum atomic E-state index is 13.8. The van der Waals surface area contributed by atoms with E-state index in [1.54, 1.807) is 0 Å². The van der Waals surface area contributed by atoms with E-state index < -0.39 is 23.4 Å². The number of hydrogen-bond donors (Lipinski definition) is 1. The van der Waals surface area contributed by atoms with Gasteiger partial charge in [0.15, 0.2) is 0 Å². The average Bonchev–Trinajstić information content (AvgIpc) is 3.49. The van der Waals surface area contributed by atoms with Crippen LogP contribution in [-0.4, -0.2) is 46.8 Å². The molecule has 198 valence electrons. The number of nitrogens with zero attached hydrogens (tertiary/aromatic N) is 4. The minimum absolute atomic E-state index is 0.129. The Morgan fingerprint density at radius 3 is 2.66 bits per heavy atom. The highest BCUT2D eigenvalue weighted by Crippen LogP contribution is 2.49. The van der Waals surface area contributed by atoms with Crippen LogP contribution in [0.3, 0.4) is 0 Å². The van der Waals surface area contributed by atoms with Gasteiger partial charge in [-0.3, -0.25) is 14.6 Å². The van der Waals surface area contributed by atoms with E-state index in [0.29, 0.717) is 32.5 Å². The van der Waals surface area contributed by atoms with Crippen LogP contribution in [-0.2, 0) is 10.2 Å². The van der Waals surface area contributed by atoms with E-state index in [4.69, 9.17) is 11.6 Å². The number of rotatable bonds is 6. The third-order valence-corrected chi connectivity index (χ3v) is 8.81. The Morgan fingerprint density at radius 2 is 1.95 bits per heavy atom. The smallest absolute Gasteiger partial charge is 0.281 e. The van der Waals surface area contributed by atoms with Gasteiger partial charge in [-0.2, -0.15) is 4.37 Å². The second kappa shape index (κ2) is 9.89. The summed E-state index contributed by atoms with van der Waals surface area (Å²) in [6.45, 7) is 1.93. The average molecular weight is 558 g/mol. The molecular formula is C27H26ClF2N5O2S. The van der Waals surface area contributed by atoms with Crippen molar-refractivity contribution in [3.63, 3.8) is 0 Å². The van der Waals surface area contributed by atoms with E-state index in [1.165, 1.54) is 17.6 Å². The molecule has 7 nitrogen and oxygen atoms in total. The highest BCUT2D eigenvalue weighted by atomic mass is 35.5. The molecule has 11 heteroatoms. The van der Waals surface area contributed by atoms with Gasteiger partial charge in [0.25, 0.3) is 12.3 Å². The Labute approximate surface area is 228 Å². The number of hydrogen-bond acceptors (Lipinski definition) is 6. The number of amides is 2. The van der Waals surface area contributed by atoms with Gasteiger partial charge in [-0.15, -0.1) is 0 Å². The molecule has 1 N–H and O–H groups in total. The molecule has 1 spiro atoms. The van der Waals surface area contributed by atoms with Crippen LogP contribution in [0.25, 0.3) is 0 Å². The molecule has 0 bridgehead atoms. The Bertz CT molecular complexity index is 1360. The number of nitrogens with one attached hydrogen (secondary N) is 1. The molecule has 1 saturated heterocycles. The van der Waals surface area contributed by atoms with Crippen molar-refractivity contribution in [2.24, 2.45) is 5.92 Å². The molecule has 2 aromatic heterocycles. The molecule has 2 aliphatic heterocycles. The van der Waals surface area contributed by atoms with E-state index in [2.05, 4.69) is 25.6 Å². The van der Waals surface area contributed by atoms with Crippen LogP contribution in [0.4, 0.5) is 20.2 Å². The van der Waals surface area contributed by atoms with Crippen LogP contribution < -0.4 is 15.1 Å². The minimum Gasteiger partial charge on any atom is -0.367 e. The lowest BCUT2D eigenvalue weighted by Crippen LogP contribution is -2.64. The van der Waals surface area contributed by atoms with Gasteiger partial charge in [0.2, 0.25) is 5.91 Å². The van der Waals surface area contributed by atoms with Gasteiger partial charge >= 0.3 is 0 Å². The molecule has 1 aliphatic carbocycles. The highest BCUT2D eigenvalue weighted by molar-refractivity contribution is 7.04. The van der Waals surface area contributed by atoms with Crippen LogP contribution >= 0.6 is 23.1 Å². The van der Waals surface area contributed by atoms with Crippen molar-refractivity contribution in [3.05, 3.63) is 69.9 Å². The van der Waals surface area contributed by atoms with Crippen LogP contribution in [0.1, 0.15) is 53.7 Å². The summed E-state index contributed by atoms with van der Waals surface area (Å²) < 4.78 is 30.9. The largest absolute Gasteiger partial charge is 0.367 e. The van der Waals surface area contributed by atoms with Crippen molar-refractivity contribution in [2.45, 2.75) is 43.6 Å². The minimum atomic E-state index is -2.86. The fourth-order valence-electron chi connectivity index (χ4n) is 6.04. The fraction of sp³-hybridized carbons (Fsp3) is 0.407. The number of carbonyl (C=O) groups excluding carboxylic acids is 2. The lowest BCUT2D eigenvalue weighted by Gasteiger charge is -2.47. The van der Waals surface area contributed by atoms with Crippen LogP contribution in [0, 0.1) is 5.92 Å². The molecule has 0 unspecified atom stereocenters. The summed E-state index contributed by atoms with van der Waals surface area (Å²) in [6.07, 6.45) is 3.17. The predicted molar refractivity (Wildman–Crippen MR) is 142 cm³/mol. The first kappa shape index (κ1) is 25.2. The Morgan fingerprint density at radius 1 is 1.18 bits per heavy atom. The summed E-state index contributed by atoms with van der Waals surface area (Å²) in [5.41, 5.74) is 1.87. The van der Waals surface area contributed by atoms with Crippen LogP contribution in [0.2, 0.25) is 5.02 Å². The Hall–Kier alpha value is -3.11. The first-order valence-electron chi connectivity index (χ1n) is 12.7. The molecule has 3 aromatic rings. The zero-order valence-corrected chi connectivity index (χ0v) is 22.0. The van der Waals surface area contributed by atoms with Crippen molar-refractivity contribution in [1.29, 1.82) is 0 Å². The summed E-state index contributed by atoms with van der Waals surface area (Å²) in [6, 6.07) is 9.18. The molecule has 2 amide bonds. The SMILES string of the molecule is O=C(NC1CCC(CN2C(=O)C3(CN(c4cnsc4)C3)c3ccccc32)CC1)c1cc(Cl)cnc1C(F)F. The number of fused-ring (bicyclic) bond motifs is 2. The maximum Gasteiger partial charge on any atom is 0.281 e. The molecule has 4 heterocycles. The van der Waals surface area contributed by atoms with Gasteiger partial charge in [0.1, 0.15) is 11.1 Å². The van der Waals surface area contributed by atoms with E-state index in [9.17, 15) is 18.4 Å². The number of halogens is 3. The number of benzene rings is 1. The van der Waals surface area contributed by atoms with Gasteiger partial charge in [0, 0.05) is 42.9 Å². The number of para-hydroxylation sites is 1. The van der Waals surface area contributed by atoms with Gasteiger partial charge < -0.3 is 15.1 Å². The van der Waals surface area contributed by atoms with E-state index in [0.717, 1.165) is 36.0 Å². The number of alkyl halides is 2. The normalized spacial score (nSPS) is 22.1. The lowest BCUT2D eigenvalue weighted by molar-refractivity contribution is -0.124. The molecule has 6 rings (SSSR count). The summed E-state index contributed by atoms with van der Waals surface area (Å²) in [4.78, 5) is 34.3. The third-order valence-electron chi connectivity index (χ3n) is 8.03. The second-order valence-corrected chi connectivity index (χ2v) is 11.4.